The van der Waals surface area contributed by atoms with Crippen LogP contribution in [-0.4, -0.2) is 96.4 Å². The van der Waals surface area contributed by atoms with Crippen molar-refractivity contribution in [2.75, 3.05) is 24.3 Å². The number of ketones is 1. The highest BCUT2D eigenvalue weighted by atomic mass is 32.2. The highest BCUT2D eigenvalue weighted by Gasteiger charge is 2.47. The molecule has 3 rings (SSSR count). The minimum Gasteiger partial charge on any atom is -0.480 e. The number of Topliss-reactive ketones (excluding diaryl/α,β-unsaturated/α-hetero) is 1. The Labute approximate surface area is 230 Å². The summed E-state index contributed by atoms with van der Waals surface area (Å²) in [4.78, 5) is 48.3. The summed E-state index contributed by atoms with van der Waals surface area (Å²) in [6.07, 6.45) is 2.87. The minimum atomic E-state index is -1.30. The van der Waals surface area contributed by atoms with Crippen molar-refractivity contribution in [3.05, 3.63) is 12.7 Å². The van der Waals surface area contributed by atoms with Gasteiger partial charge in [-0.25, -0.2) is 15.0 Å². The number of nitrogens with one attached hydrogen (secondary N) is 1. The first kappa shape index (κ1) is 30.7. The highest BCUT2D eigenvalue weighted by Crippen LogP contribution is 2.34. The molecule has 0 radical (unpaired) electrons. The molecule has 0 amide bonds. The number of imidazole rings is 1. The number of carboxylic acids is 1. The van der Waals surface area contributed by atoms with Crippen molar-refractivity contribution in [3.63, 3.8) is 0 Å². The van der Waals surface area contributed by atoms with Crippen LogP contribution < -0.4 is 16.8 Å². The quantitative estimate of drug-likeness (QED) is 0.136. The Morgan fingerprint density at radius 1 is 1.23 bits per heavy atom. The van der Waals surface area contributed by atoms with E-state index < -0.39 is 48.6 Å². The van der Waals surface area contributed by atoms with Gasteiger partial charge in [-0.3, -0.25) is 19.0 Å². The number of esters is 1. The molecule has 0 saturated carbocycles. The second-order valence-electron chi connectivity index (χ2n) is 9.49. The number of hydrogen-bond acceptors (Lipinski definition) is 13. The number of aliphatic hydroxyl groups is 1. The van der Waals surface area contributed by atoms with Crippen LogP contribution in [0.2, 0.25) is 0 Å². The number of ether oxygens (including phenoxy) is 2. The SMILES string of the molecule is CSCC[C@H](NC[C@H]1O[C@@H](n2cnc3c(N)ncnc32)[C@H](O)[C@@H]1OC(=O)CCCCCC(=O)C(C)N)C(=O)O. The fourth-order valence-corrected chi connectivity index (χ4v) is 4.78. The monoisotopic (exact) mass is 567 g/mol. The summed E-state index contributed by atoms with van der Waals surface area (Å²) >= 11 is 1.53. The van der Waals surface area contributed by atoms with Gasteiger partial charge in [0.15, 0.2) is 23.8 Å². The predicted octanol–water partition coefficient (Wildman–Crippen LogP) is 0.241. The topological polar surface area (TPSA) is 218 Å². The summed E-state index contributed by atoms with van der Waals surface area (Å²) in [5.41, 5.74) is 12.1. The number of aromatic nitrogens is 4. The molecular weight excluding hydrogens is 530 g/mol. The minimum absolute atomic E-state index is 0.0139. The Hall–Kier alpha value is -2.85. The Balaban J connectivity index is 1.69. The molecule has 7 N–H and O–H groups in total. The van der Waals surface area contributed by atoms with E-state index in [4.69, 9.17) is 20.9 Å². The fourth-order valence-electron chi connectivity index (χ4n) is 4.31. The van der Waals surface area contributed by atoms with Crippen LogP contribution in [-0.2, 0) is 23.9 Å². The Kier molecular flexibility index (Phi) is 11.4. The van der Waals surface area contributed by atoms with Crippen LogP contribution in [0.5, 0.6) is 0 Å². The van der Waals surface area contributed by atoms with Crippen molar-refractivity contribution in [2.24, 2.45) is 5.73 Å². The second kappa shape index (κ2) is 14.5. The zero-order valence-corrected chi connectivity index (χ0v) is 22.9. The van der Waals surface area contributed by atoms with Crippen LogP contribution in [0, 0.1) is 0 Å². The summed E-state index contributed by atoms with van der Waals surface area (Å²) < 4.78 is 13.2. The maximum atomic E-state index is 12.7. The lowest BCUT2D eigenvalue weighted by molar-refractivity contribution is -0.156. The van der Waals surface area contributed by atoms with Crippen LogP contribution >= 0.6 is 11.8 Å². The van der Waals surface area contributed by atoms with Crippen molar-refractivity contribution >= 4 is 46.5 Å². The molecule has 1 aliphatic heterocycles. The molecule has 3 heterocycles. The number of nitrogen functional groups attached to an aromatic ring is 1. The fraction of sp³-hybridized carbons (Fsp3) is 0.667. The molecule has 216 valence electrons. The first-order valence-electron chi connectivity index (χ1n) is 12.8. The average molecular weight is 568 g/mol. The number of nitrogens with two attached hydrogens (primary N) is 2. The van der Waals surface area contributed by atoms with E-state index in [1.165, 1.54) is 29.0 Å². The van der Waals surface area contributed by atoms with Gasteiger partial charge >= 0.3 is 11.9 Å². The number of anilines is 1. The van der Waals surface area contributed by atoms with Gasteiger partial charge in [0.25, 0.3) is 0 Å². The molecule has 0 aliphatic carbocycles. The molecule has 6 atom stereocenters. The summed E-state index contributed by atoms with van der Waals surface area (Å²) in [7, 11) is 0. The van der Waals surface area contributed by atoms with Crippen molar-refractivity contribution in [3.8, 4) is 0 Å². The predicted molar refractivity (Wildman–Crippen MR) is 144 cm³/mol. The lowest BCUT2D eigenvalue weighted by Gasteiger charge is -2.22. The third kappa shape index (κ3) is 8.08. The number of hydrogen-bond donors (Lipinski definition) is 5. The molecule has 14 nitrogen and oxygen atoms in total. The summed E-state index contributed by atoms with van der Waals surface area (Å²) in [5.74, 6) is -0.777. The van der Waals surface area contributed by atoms with E-state index >= 15 is 0 Å². The Morgan fingerprint density at radius 2 is 1.97 bits per heavy atom. The standard InChI is InChI=1S/C24H37N7O7S/c1-13(25)15(32)6-4-3-5-7-17(33)38-20-16(10-27-14(24(35)36)8-9-39-2)37-23(19(20)34)31-12-30-18-21(26)28-11-29-22(18)31/h11-14,16,19-20,23,27,34H,3-10,25H2,1-2H3,(H,35,36)(H2,26,28,29)/t13?,14-,16+,19+,20+,23+/m0/s1. The number of nitrogens with zero attached hydrogens (tertiary/aromatic N) is 4. The Morgan fingerprint density at radius 3 is 2.67 bits per heavy atom. The van der Waals surface area contributed by atoms with Gasteiger partial charge in [-0.05, 0) is 38.2 Å². The van der Waals surface area contributed by atoms with Gasteiger partial charge in [0.2, 0.25) is 0 Å². The van der Waals surface area contributed by atoms with Gasteiger partial charge in [-0.2, -0.15) is 11.8 Å². The van der Waals surface area contributed by atoms with Gasteiger partial charge in [0.1, 0.15) is 35.9 Å². The van der Waals surface area contributed by atoms with Crippen LogP contribution in [0.3, 0.4) is 0 Å². The molecule has 15 heteroatoms. The number of carbonyl (C=O) groups excluding carboxylic acids is 2. The Bertz CT molecular complexity index is 1130. The van der Waals surface area contributed by atoms with E-state index in [1.54, 1.807) is 6.92 Å². The smallest absolute Gasteiger partial charge is 0.320 e. The normalized spacial score (nSPS) is 22.6. The van der Waals surface area contributed by atoms with Crippen LogP contribution in [0.15, 0.2) is 12.7 Å². The maximum absolute atomic E-state index is 12.7. The van der Waals surface area contributed by atoms with Gasteiger partial charge in [-0.15, -0.1) is 0 Å². The molecule has 0 spiro atoms. The number of aliphatic carboxylic acids is 1. The van der Waals surface area contributed by atoms with Crippen molar-refractivity contribution in [1.29, 1.82) is 0 Å². The summed E-state index contributed by atoms with van der Waals surface area (Å²) in [6.45, 7) is 1.66. The largest absolute Gasteiger partial charge is 0.480 e. The number of unbranched alkanes of at least 4 members (excludes halogenated alkanes) is 2. The molecule has 0 bridgehead atoms. The average Bonchev–Trinajstić information content (AvgIpc) is 3.45. The number of fused-ring (bicyclic) bond motifs is 1. The maximum Gasteiger partial charge on any atom is 0.320 e. The van der Waals surface area contributed by atoms with E-state index in [2.05, 4.69) is 20.3 Å². The summed E-state index contributed by atoms with van der Waals surface area (Å²) in [5, 5.41) is 23.7. The van der Waals surface area contributed by atoms with Gasteiger partial charge < -0.3 is 36.5 Å². The zero-order chi connectivity index (χ0) is 28.5. The molecule has 1 aliphatic rings. The van der Waals surface area contributed by atoms with Crippen molar-refractivity contribution in [2.45, 2.75) is 82.1 Å². The van der Waals surface area contributed by atoms with Crippen molar-refractivity contribution < 1.29 is 34.1 Å². The molecule has 2 aromatic heterocycles. The lowest BCUT2D eigenvalue weighted by atomic mass is 10.1. The first-order chi connectivity index (χ1) is 18.6. The molecular formula is C24H37N7O7S. The van der Waals surface area contributed by atoms with Crippen LogP contribution in [0.4, 0.5) is 5.82 Å². The molecule has 2 aromatic rings. The number of carbonyl (C=O) groups is 3. The van der Waals surface area contributed by atoms with Crippen LogP contribution in [0.1, 0.15) is 51.7 Å². The third-order valence-electron chi connectivity index (χ3n) is 6.52. The molecule has 1 unspecified atom stereocenters. The molecule has 1 fully saturated rings. The van der Waals surface area contributed by atoms with Gasteiger partial charge in [0, 0.05) is 19.4 Å². The van der Waals surface area contributed by atoms with E-state index in [-0.39, 0.29) is 24.6 Å². The second-order valence-corrected chi connectivity index (χ2v) is 10.5. The van der Waals surface area contributed by atoms with Gasteiger partial charge in [-0.1, -0.05) is 6.42 Å². The number of aliphatic hydroxyl groups excluding tert-OH is 1. The number of carboxylic acid groups (broad SMARTS) is 1. The number of thioether (sulfide) groups is 1. The third-order valence-corrected chi connectivity index (χ3v) is 7.17. The van der Waals surface area contributed by atoms with Gasteiger partial charge in [0.05, 0.1) is 12.4 Å². The van der Waals surface area contributed by atoms with Crippen molar-refractivity contribution in [1.82, 2.24) is 24.8 Å². The molecule has 0 aromatic carbocycles. The van der Waals surface area contributed by atoms with E-state index in [1.807, 2.05) is 6.26 Å². The lowest BCUT2D eigenvalue weighted by Crippen LogP contribution is -2.46. The molecule has 39 heavy (non-hydrogen) atoms. The molecule has 1 saturated heterocycles. The summed E-state index contributed by atoms with van der Waals surface area (Å²) in [6, 6.07) is -1.34. The van der Waals surface area contributed by atoms with E-state index in [0.717, 1.165) is 0 Å². The van der Waals surface area contributed by atoms with E-state index in [9.17, 15) is 24.6 Å². The number of rotatable bonds is 16. The van der Waals surface area contributed by atoms with E-state index in [0.29, 0.717) is 49.0 Å². The highest BCUT2D eigenvalue weighted by molar-refractivity contribution is 7.98. The van der Waals surface area contributed by atoms with Crippen LogP contribution in [0.25, 0.3) is 11.2 Å². The first-order valence-corrected chi connectivity index (χ1v) is 14.2. The zero-order valence-electron chi connectivity index (χ0n) is 22.1.